The van der Waals surface area contributed by atoms with Crippen LogP contribution in [0.1, 0.15) is 23.7 Å². The average Bonchev–Trinajstić information content (AvgIpc) is 2.42. The van der Waals surface area contributed by atoms with Gasteiger partial charge in [-0.25, -0.2) is 0 Å². The van der Waals surface area contributed by atoms with E-state index in [9.17, 15) is 5.11 Å². The topological polar surface area (TPSA) is 33.1 Å². The molecule has 0 aliphatic heterocycles. The third kappa shape index (κ3) is 3.81. The van der Waals surface area contributed by atoms with Crippen molar-refractivity contribution in [1.82, 2.24) is 4.98 Å². The van der Waals surface area contributed by atoms with Crippen LogP contribution in [0.2, 0.25) is 0 Å². The van der Waals surface area contributed by atoms with E-state index in [2.05, 4.69) is 11.1 Å². The maximum atomic E-state index is 9.49. The molecule has 0 aliphatic rings. The second kappa shape index (κ2) is 6.01. The number of aryl methyl sites for hydroxylation is 1. The molecule has 1 aromatic carbocycles. The van der Waals surface area contributed by atoms with Crippen LogP contribution in [0.25, 0.3) is 12.2 Å². The number of benzene rings is 1. The molecule has 0 radical (unpaired) electrons. The Kier molecular flexibility index (Phi) is 4.14. The number of phenols is 1. The number of phenolic OH excluding ortho intramolecular Hbond substituents is 1. The fourth-order valence-corrected chi connectivity index (χ4v) is 1.77. The summed E-state index contributed by atoms with van der Waals surface area (Å²) in [6.07, 6.45) is 7.87. The van der Waals surface area contributed by atoms with Crippen molar-refractivity contribution in [3.05, 3.63) is 71.1 Å². The Morgan fingerprint density at radius 2 is 2.05 bits per heavy atom. The van der Waals surface area contributed by atoms with Crippen molar-refractivity contribution in [2.75, 3.05) is 0 Å². The summed E-state index contributed by atoms with van der Waals surface area (Å²) >= 11 is 0. The second-order valence-corrected chi connectivity index (χ2v) is 4.52. The summed E-state index contributed by atoms with van der Waals surface area (Å²) in [5.41, 5.74) is 4.04. The van der Waals surface area contributed by atoms with Crippen molar-refractivity contribution >= 4 is 12.2 Å². The lowest BCUT2D eigenvalue weighted by molar-refractivity contribution is 0.471. The van der Waals surface area contributed by atoms with E-state index in [0.717, 1.165) is 22.4 Å². The zero-order valence-electron chi connectivity index (χ0n) is 11.2. The van der Waals surface area contributed by atoms with Crippen LogP contribution in [-0.4, -0.2) is 10.1 Å². The number of hydrogen-bond acceptors (Lipinski definition) is 2. The standard InChI is InChI=1S/C17H17NO/c1-13(6-8-16-5-3-4-10-18-16)11-15-7-9-17(19)14(2)12-15/h3-12,19H,1-2H3/b8-6+,13-11+. The van der Waals surface area contributed by atoms with Crippen LogP contribution in [0.5, 0.6) is 5.75 Å². The predicted molar refractivity (Wildman–Crippen MR) is 79.8 cm³/mol. The van der Waals surface area contributed by atoms with Gasteiger partial charge in [-0.05, 0) is 55.3 Å². The number of rotatable bonds is 3. The van der Waals surface area contributed by atoms with Crippen LogP contribution < -0.4 is 0 Å². The molecule has 96 valence electrons. The molecule has 1 N–H and O–H groups in total. The van der Waals surface area contributed by atoms with Gasteiger partial charge in [-0.1, -0.05) is 29.9 Å². The van der Waals surface area contributed by atoms with Gasteiger partial charge in [-0.2, -0.15) is 0 Å². The molecule has 0 fully saturated rings. The molecule has 2 aromatic rings. The first-order chi connectivity index (χ1) is 9.15. The normalized spacial score (nSPS) is 12.0. The number of nitrogens with zero attached hydrogens (tertiary/aromatic N) is 1. The van der Waals surface area contributed by atoms with Gasteiger partial charge in [0.25, 0.3) is 0 Å². The van der Waals surface area contributed by atoms with Crippen LogP contribution >= 0.6 is 0 Å². The maximum absolute atomic E-state index is 9.49. The Morgan fingerprint density at radius 1 is 1.21 bits per heavy atom. The van der Waals surface area contributed by atoms with E-state index < -0.39 is 0 Å². The minimum atomic E-state index is 0.332. The Labute approximate surface area is 113 Å². The van der Waals surface area contributed by atoms with Gasteiger partial charge in [-0.15, -0.1) is 0 Å². The molecule has 0 aliphatic carbocycles. The molecule has 0 unspecified atom stereocenters. The highest BCUT2D eigenvalue weighted by molar-refractivity contribution is 5.61. The molecule has 0 spiro atoms. The Bertz CT molecular complexity index is 612. The van der Waals surface area contributed by atoms with Gasteiger partial charge < -0.3 is 5.11 Å². The minimum Gasteiger partial charge on any atom is -0.508 e. The molecule has 0 saturated carbocycles. The second-order valence-electron chi connectivity index (χ2n) is 4.52. The molecular weight excluding hydrogens is 234 g/mol. The summed E-state index contributed by atoms with van der Waals surface area (Å²) in [6, 6.07) is 11.4. The number of hydrogen-bond donors (Lipinski definition) is 1. The molecule has 0 amide bonds. The van der Waals surface area contributed by atoms with Gasteiger partial charge in [0.05, 0.1) is 5.69 Å². The van der Waals surface area contributed by atoms with Crippen molar-refractivity contribution in [2.24, 2.45) is 0 Å². The monoisotopic (exact) mass is 251 g/mol. The van der Waals surface area contributed by atoms with E-state index >= 15 is 0 Å². The van der Waals surface area contributed by atoms with Crippen molar-refractivity contribution in [2.45, 2.75) is 13.8 Å². The molecule has 2 rings (SSSR count). The molecule has 2 nitrogen and oxygen atoms in total. The van der Waals surface area contributed by atoms with Crippen LogP contribution in [0, 0.1) is 6.92 Å². The maximum Gasteiger partial charge on any atom is 0.118 e. The third-order valence-corrected chi connectivity index (χ3v) is 2.82. The highest BCUT2D eigenvalue weighted by Crippen LogP contribution is 2.19. The number of aromatic hydroxyl groups is 1. The summed E-state index contributed by atoms with van der Waals surface area (Å²) in [5, 5.41) is 9.49. The molecule has 1 aromatic heterocycles. The van der Waals surface area contributed by atoms with Crippen molar-refractivity contribution in [1.29, 1.82) is 0 Å². The lowest BCUT2D eigenvalue weighted by Gasteiger charge is -2.00. The molecule has 0 saturated heterocycles. The Hall–Kier alpha value is -2.35. The molecular formula is C17H17NO. The summed E-state index contributed by atoms with van der Waals surface area (Å²) in [6.45, 7) is 3.94. The first-order valence-corrected chi connectivity index (χ1v) is 6.22. The lowest BCUT2D eigenvalue weighted by Crippen LogP contribution is -1.79. The molecule has 0 atom stereocenters. The van der Waals surface area contributed by atoms with Crippen molar-refractivity contribution in [3.8, 4) is 5.75 Å². The number of aromatic nitrogens is 1. The quantitative estimate of drug-likeness (QED) is 0.829. The van der Waals surface area contributed by atoms with Crippen LogP contribution in [0.15, 0.2) is 54.2 Å². The number of allylic oxidation sites excluding steroid dienone is 2. The Morgan fingerprint density at radius 3 is 2.74 bits per heavy atom. The third-order valence-electron chi connectivity index (χ3n) is 2.82. The molecule has 2 heteroatoms. The summed E-state index contributed by atoms with van der Waals surface area (Å²) in [5.74, 6) is 0.332. The zero-order chi connectivity index (χ0) is 13.7. The highest BCUT2D eigenvalue weighted by Gasteiger charge is 1.96. The largest absolute Gasteiger partial charge is 0.508 e. The van der Waals surface area contributed by atoms with Gasteiger partial charge in [0, 0.05) is 6.20 Å². The molecule has 1 heterocycles. The van der Waals surface area contributed by atoms with E-state index in [-0.39, 0.29) is 0 Å². The van der Waals surface area contributed by atoms with Gasteiger partial charge in [0.2, 0.25) is 0 Å². The summed E-state index contributed by atoms with van der Waals surface area (Å²) < 4.78 is 0. The van der Waals surface area contributed by atoms with Gasteiger partial charge in [0.1, 0.15) is 5.75 Å². The van der Waals surface area contributed by atoms with Gasteiger partial charge in [-0.3, -0.25) is 4.98 Å². The fourth-order valence-electron chi connectivity index (χ4n) is 1.77. The van der Waals surface area contributed by atoms with Crippen LogP contribution in [0.4, 0.5) is 0 Å². The fraction of sp³-hybridized carbons (Fsp3) is 0.118. The van der Waals surface area contributed by atoms with Gasteiger partial charge in [0.15, 0.2) is 0 Å². The summed E-state index contributed by atoms with van der Waals surface area (Å²) in [4.78, 5) is 4.24. The summed E-state index contributed by atoms with van der Waals surface area (Å²) in [7, 11) is 0. The van der Waals surface area contributed by atoms with E-state index in [1.54, 1.807) is 12.3 Å². The van der Waals surface area contributed by atoms with E-state index in [1.165, 1.54) is 0 Å². The smallest absolute Gasteiger partial charge is 0.118 e. The highest BCUT2D eigenvalue weighted by atomic mass is 16.3. The number of pyridine rings is 1. The average molecular weight is 251 g/mol. The van der Waals surface area contributed by atoms with E-state index in [1.807, 2.05) is 56.3 Å². The SMILES string of the molecule is CC(/C=C/c1ccccn1)=C\c1ccc(O)c(C)c1. The predicted octanol–water partition coefficient (Wildman–Crippen LogP) is 4.21. The first kappa shape index (κ1) is 13.1. The lowest BCUT2D eigenvalue weighted by atomic mass is 10.1. The van der Waals surface area contributed by atoms with Crippen LogP contribution in [0.3, 0.4) is 0 Å². The zero-order valence-corrected chi connectivity index (χ0v) is 11.2. The molecule has 19 heavy (non-hydrogen) atoms. The molecule has 0 bridgehead atoms. The van der Waals surface area contributed by atoms with Crippen molar-refractivity contribution in [3.63, 3.8) is 0 Å². The van der Waals surface area contributed by atoms with E-state index in [4.69, 9.17) is 0 Å². The van der Waals surface area contributed by atoms with E-state index in [0.29, 0.717) is 5.75 Å². The minimum absolute atomic E-state index is 0.332. The first-order valence-electron chi connectivity index (χ1n) is 6.22. The van der Waals surface area contributed by atoms with Crippen molar-refractivity contribution < 1.29 is 5.11 Å². The van der Waals surface area contributed by atoms with Gasteiger partial charge >= 0.3 is 0 Å². The van der Waals surface area contributed by atoms with Crippen LogP contribution in [-0.2, 0) is 0 Å². The Balaban J connectivity index is 2.15.